The number of nitrogens with zero attached hydrogens (tertiary/aromatic N) is 5. The molecule has 178 valence electrons. The molecular weight excluding hydrogens is 432 g/mol. The molecule has 2 aliphatic heterocycles. The van der Waals surface area contributed by atoms with Crippen molar-refractivity contribution in [3.05, 3.63) is 42.0 Å². The van der Waals surface area contributed by atoms with Crippen LogP contribution in [0.4, 0.5) is 11.5 Å². The molecule has 4 heterocycles. The van der Waals surface area contributed by atoms with Gasteiger partial charge in [0.25, 0.3) is 0 Å². The molecule has 3 aromatic rings. The van der Waals surface area contributed by atoms with Crippen LogP contribution < -0.4 is 10.2 Å². The van der Waals surface area contributed by atoms with E-state index in [-0.39, 0.29) is 17.8 Å². The van der Waals surface area contributed by atoms with E-state index in [2.05, 4.69) is 24.8 Å². The Morgan fingerprint density at radius 3 is 2.79 bits per heavy atom. The van der Waals surface area contributed by atoms with Gasteiger partial charge in [0.05, 0.1) is 12.2 Å². The van der Waals surface area contributed by atoms with E-state index in [1.165, 1.54) is 6.42 Å². The van der Waals surface area contributed by atoms with E-state index < -0.39 is 0 Å². The number of aromatic nitrogens is 4. The monoisotopic (exact) mass is 462 g/mol. The molecule has 1 saturated heterocycles. The molecule has 0 saturated carbocycles. The maximum atomic E-state index is 12.9. The molecule has 0 unspecified atom stereocenters. The number of hydrogen-bond donors (Lipinski definition) is 1. The number of nitrogens with one attached hydrogen (secondary N) is 1. The van der Waals surface area contributed by atoms with E-state index in [0.29, 0.717) is 17.9 Å². The Hall–Kier alpha value is -3.49. The van der Waals surface area contributed by atoms with E-state index in [9.17, 15) is 9.59 Å². The van der Waals surface area contributed by atoms with Crippen molar-refractivity contribution in [2.45, 2.75) is 52.0 Å². The second kappa shape index (κ2) is 9.79. The minimum Gasteiger partial charge on any atom is -0.462 e. The lowest BCUT2D eigenvalue weighted by Crippen LogP contribution is -2.38. The molecule has 1 amide bonds. The lowest BCUT2D eigenvalue weighted by molar-refractivity contribution is -0.120. The van der Waals surface area contributed by atoms with Gasteiger partial charge in [0.1, 0.15) is 12.2 Å². The lowest BCUT2D eigenvalue weighted by atomic mass is 9.95. The zero-order valence-electron chi connectivity index (χ0n) is 19.5. The molecule has 2 aliphatic rings. The molecule has 1 fully saturated rings. The van der Waals surface area contributed by atoms with Crippen LogP contribution >= 0.6 is 0 Å². The number of carbonyl (C=O) groups excluding carboxylic acids is 2. The topological polar surface area (TPSA) is 102 Å². The summed E-state index contributed by atoms with van der Waals surface area (Å²) in [4.78, 5) is 41.1. The van der Waals surface area contributed by atoms with E-state index in [1.807, 2.05) is 0 Å². The highest BCUT2D eigenvalue weighted by atomic mass is 16.5. The highest BCUT2D eigenvalue weighted by Crippen LogP contribution is 2.29. The average molecular weight is 463 g/mol. The number of piperidine rings is 1. The number of fused-ring (bicyclic) bond motifs is 3. The zero-order valence-corrected chi connectivity index (χ0v) is 19.5. The number of hydrogen-bond acceptors (Lipinski definition) is 7. The molecule has 0 spiro atoms. The van der Waals surface area contributed by atoms with Gasteiger partial charge >= 0.3 is 5.97 Å². The molecule has 9 heteroatoms. The molecular formula is C25H30N6O3. The summed E-state index contributed by atoms with van der Waals surface area (Å²) in [6.07, 6.45) is 7.61. The highest BCUT2D eigenvalue weighted by molar-refractivity contribution is 5.95. The van der Waals surface area contributed by atoms with Crippen molar-refractivity contribution >= 4 is 34.5 Å². The van der Waals surface area contributed by atoms with Gasteiger partial charge in [-0.3, -0.25) is 4.79 Å². The summed E-state index contributed by atoms with van der Waals surface area (Å²) in [5, 5.41) is 2.97. The molecule has 2 aromatic heterocycles. The van der Waals surface area contributed by atoms with Crippen molar-refractivity contribution in [1.82, 2.24) is 19.5 Å². The van der Waals surface area contributed by atoms with Gasteiger partial charge in [-0.15, -0.1) is 0 Å². The molecule has 34 heavy (non-hydrogen) atoms. The van der Waals surface area contributed by atoms with Crippen LogP contribution in [-0.4, -0.2) is 51.1 Å². The standard InChI is InChI=1S/C25H30N6O3/c1-2-34-25(33)18-7-6-8-19(15-18)28-24(32)17-10-13-30(14-11-17)22-21-23(27-16-26-22)31-12-5-3-4-9-20(31)29-21/h6-8,15-17H,2-5,9-14H2,1H3,(H,28,32). The highest BCUT2D eigenvalue weighted by Gasteiger charge is 2.28. The van der Waals surface area contributed by atoms with Crippen molar-refractivity contribution in [1.29, 1.82) is 0 Å². The third-order valence-corrected chi connectivity index (χ3v) is 6.68. The molecule has 0 atom stereocenters. The molecule has 0 bridgehead atoms. The maximum absolute atomic E-state index is 12.9. The summed E-state index contributed by atoms with van der Waals surface area (Å²) in [6.45, 7) is 4.51. The third kappa shape index (κ3) is 4.47. The van der Waals surface area contributed by atoms with Gasteiger partial charge in [-0.05, 0) is 50.8 Å². The third-order valence-electron chi connectivity index (χ3n) is 6.68. The summed E-state index contributed by atoms with van der Waals surface area (Å²) < 4.78 is 7.30. The van der Waals surface area contributed by atoms with Gasteiger partial charge < -0.3 is 19.5 Å². The summed E-state index contributed by atoms with van der Waals surface area (Å²) >= 11 is 0. The average Bonchev–Trinajstić information content (AvgIpc) is 3.05. The molecule has 1 N–H and O–H groups in total. The van der Waals surface area contributed by atoms with Gasteiger partial charge in [-0.1, -0.05) is 12.5 Å². The van der Waals surface area contributed by atoms with Crippen LogP contribution in [0.5, 0.6) is 0 Å². The van der Waals surface area contributed by atoms with Crippen molar-refractivity contribution in [2.24, 2.45) is 5.92 Å². The van der Waals surface area contributed by atoms with Crippen LogP contribution in [0.15, 0.2) is 30.6 Å². The minimum absolute atomic E-state index is 0.0257. The number of amides is 1. The van der Waals surface area contributed by atoms with Gasteiger partial charge in [-0.2, -0.15) is 0 Å². The Balaban J connectivity index is 1.25. The lowest BCUT2D eigenvalue weighted by Gasteiger charge is -2.32. The first-order chi connectivity index (χ1) is 16.6. The van der Waals surface area contributed by atoms with Crippen molar-refractivity contribution < 1.29 is 14.3 Å². The van der Waals surface area contributed by atoms with Crippen molar-refractivity contribution in [2.75, 3.05) is 29.9 Å². The number of rotatable bonds is 5. The molecule has 9 nitrogen and oxygen atoms in total. The molecule has 0 aliphatic carbocycles. The number of aryl methyl sites for hydroxylation is 2. The largest absolute Gasteiger partial charge is 0.462 e. The predicted octanol–water partition coefficient (Wildman–Crippen LogP) is 3.58. The number of imidazole rings is 1. The van der Waals surface area contributed by atoms with Crippen LogP contribution in [0.3, 0.4) is 0 Å². The van der Waals surface area contributed by atoms with E-state index in [0.717, 1.165) is 74.5 Å². The van der Waals surface area contributed by atoms with Gasteiger partial charge in [-0.25, -0.2) is 19.7 Å². The van der Waals surface area contributed by atoms with Crippen LogP contribution in [0, 0.1) is 5.92 Å². The van der Waals surface area contributed by atoms with E-state index >= 15 is 0 Å². The van der Waals surface area contributed by atoms with Gasteiger partial charge in [0.2, 0.25) is 5.91 Å². The maximum Gasteiger partial charge on any atom is 0.338 e. The summed E-state index contributed by atoms with van der Waals surface area (Å²) in [6, 6.07) is 6.88. The van der Waals surface area contributed by atoms with E-state index in [4.69, 9.17) is 9.72 Å². The van der Waals surface area contributed by atoms with Crippen LogP contribution in [0.1, 0.15) is 55.2 Å². The summed E-state index contributed by atoms with van der Waals surface area (Å²) in [5.41, 5.74) is 2.83. The van der Waals surface area contributed by atoms with Crippen LogP contribution in [0.25, 0.3) is 11.2 Å². The zero-order chi connectivity index (χ0) is 23.5. The SMILES string of the molecule is CCOC(=O)c1cccc(NC(=O)C2CCN(c3ncnc4c3nc3n4CCCCC3)CC2)c1. The minimum atomic E-state index is -0.389. The second-order valence-electron chi connectivity index (χ2n) is 8.91. The van der Waals surface area contributed by atoms with Gasteiger partial charge in [0.15, 0.2) is 17.0 Å². The number of ether oxygens (including phenoxy) is 1. The van der Waals surface area contributed by atoms with Gasteiger partial charge in [0, 0.05) is 37.7 Å². The fraction of sp³-hybridized carbons (Fsp3) is 0.480. The quantitative estimate of drug-likeness (QED) is 0.578. The summed E-state index contributed by atoms with van der Waals surface area (Å²) in [7, 11) is 0. The number of benzene rings is 1. The smallest absolute Gasteiger partial charge is 0.338 e. The second-order valence-corrected chi connectivity index (χ2v) is 8.91. The fourth-order valence-electron chi connectivity index (χ4n) is 4.89. The first kappa shape index (κ1) is 22.3. The van der Waals surface area contributed by atoms with E-state index in [1.54, 1.807) is 37.5 Å². The first-order valence-corrected chi connectivity index (χ1v) is 12.2. The van der Waals surface area contributed by atoms with Crippen LogP contribution in [-0.2, 0) is 22.5 Å². The Labute approximate surface area is 198 Å². The van der Waals surface area contributed by atoms with Crippen molar-refractivity contribution in [3.8, 4) is 0 Å². The summed E-state index contributed by atoms with van der Waals surface area (Å²) in [5.74, 6) is 1.46. The Morgan fingerprint density at radius 2 is 1.97 bits per heavy atom. The predicted molar refractivity (Wildman–Crippen MR) is 129 cm³/mol. The number of carbonyl (C=O) groups is 2. The normalized spacial score (nSPS) is 16.7. The fourth-order valence-corrected chi connectivity index (χ4v) is 4.89. The van der Waals surface area contributed by atoms with Crippen LogP contribution in [0.2, 0.25) is 0 Å². The molecule has 1 aromatic carbocycles. The first-order valence-electron chi connectivity index (χ1n) is 12.2. The Morgan fingerprint density at radius 1 is 1.12 bits per heavy atom. The molecule has 5 rings (SSSR count). The number of anilines is 2. The van der Waals surface area contributed by atoms with Crippen molar-refractivity contribution in [3.63, 3.8) is 0 Å². The Bertz CT molecular complexity index is 1200. The number of esters is 1. The molecule has 0 radical (unpaired) electrons. The Kier molecular flexibility index (Phi) is 6.42.